The summed E-state index contributed by atoms with van der Waals surface area (Å²) in [6.07, 6.45) is 14.8. The van der Waals surface area contributed by atoms with Crippen molar-refractivity contribution in [3.8, 4) is 50.2 Å². The molecule has 0 bridgehead atoms. The van der Waals surface area contributed by atoms with Gasteiger partial charge in [-0.05, 0) is 129 Å². The average molecular weight is 886 g/mol. The molecule has 0 aliphatic heterocycles. The molecule has 69 heavy (non-hydrogen) atoms. The number of rotatable bonds is 9. The van der Waals surface area contributed by atoms with E-state index < -0.39 is 0 Å². The van der Waals surface area contributed by atoms with E-state index in [0.29, 0.717) is 0 Å². The monoisotopic (exact) mass is 885 g/mol. The third kappa shape index (κ3) is 7.21. The van der Waals surface area contributed by atoms with Crippen LogP contribution in [0, 0.1) is 0 Å². The Morgan fingerprint density at radius 1 is 0.449 bits per heavy atom. The van der Waals surface area contributed by atoms with E-state index in [1.807, 2.05) is 6.07 Å². The number of furan rings is 1. The third-order valence-electron chi connectivity index (χ3n) is 14.0. The number of nitrogens with two attached hydrogens (primary N) is 1. The maximum Gasteiger partial charge on any atom is 0.134 e. The minimum Gasteiger partial charge on any atom is -0.460 e. The molecule has 0 fully saturated rings. The van der Waals surface area contributed by atoms with Gasteiger partial charge in [0.2, 0.25) is 0 Å². The number of hydrogen-bond donors (Lipinski definition) is 1. The Balaban J connectivity index is 0.874. The minimum atomic E-state index is -0.270. The van der Waals surface area contributed by atoms with Crippen molar-refractivity contribution in [1.29, 1.82) is 0 Å². The van der Waals surface area contributed by atoms with Gasteiger partial charge in [0.05, 0.1) is 22.1 Å². The van der Waals surface area contributed by atoms with Crippen molar-refractivity contribution in [2.75, 3.05) is 0 Å². The van der Waals surface area contributed by atoms with Crippen LogP contribution in [0.2, 0.25) is 0 Å². The maximum absolute atomic E-state index is 6.85. The molecule has 3 heterocycles. The second kappa shape index (κ2) is 16.9. The lowest BCUT2D eigenvalue weighted by atomic mass is 9.97. The van der Waals surface area contributed by atoms with E-state index in [1.165, 1.54) is 82.5 Å². The molecule has 328 valence electrons. The second-order valence-corrected chi connectivity index (χ2v) is 18.2. The van der Waals surface area contributed by atoms with Crippen LogP contribution in [0.4, 0.5) is 0 Å². The third-order valence-corrected chi connectivity index (χ3v) is 14.0. The molecule has 12 aromatic rings. The summed E-state index contributed by atoms with van der Waals surface area (Å²) in [6, 6.07) is 74.2. The van der Waals surface area contributed by atoms with E-state index in [9.17, 15) is 0 Å². The molecule has 9 aromatic carbocycles. The number of aryl methyl sites for hydroxylation is 1. The van der Waals surface area contributed by atoms with Gasteiger partial charge in [-0.15, -0.1) is 0 Å². The van der Waals surface area contributed by atoms with Gasteiger partial charge in [-0.25, -0.2) is 0 Å². The molecule has 13 rings (SSSR count). The highest BCUT2D eigenvalue weighted by molar-refractivity contribution is 6.13. The van der Waals surface area contributed by atoms with Gasteiger partial charge in [-0.2, -0.15) is 0 Å². The zero-order valence-electron chi connectivity index (χ0n) is 38.0. The van der Waals surface area contributed by atoms with Gasteiger partial charge in [0, 0.05) is 56.8 Å². The molecule has 0 saturated heterocycles. The standard InChI is InChI=1S/C65H47N3O/c66-59(51-17-13-16-46(38-51)45-27-25-44(26-28-45)43-14-3-1-4-15-43)22-11-12-37-67-60-34-30-47(49-32-36-65-58(41-49)55-21-8-10-24-64(55)69-65)39-56(60)57-40-48(31-35-61(57)67)50-29-33-54-53-20-7-9-23-62(53)68(63(54)42-50)52-18-5-2-6-19-52/h1-9,11-23,25-42,59H,10,24,66H2/b22-11-,37-12+. The number of benzene rings is 9. The van der Waals surface area contributed by atoms with Crippen LogP contribution < -0.4 is 5.73 Å². The van der Waals surface area contributed by atoms with Gasteiger partial charge in [0.25, 0.3) is 0 Å². The van der Waals surface area contributed by atoms with Crippen molar-refractivity contribution < 1.29 is 4.42 Å². The first-order chi connectivity index (χ1) is 34.1. The van der Waals surface area contributed by atoms with Crippen LogP contribution in [0.15, 0.2) is 235 Å². The molecule has 3 aromatic heterocycles. The Hall–Kier alpha value is -8.70. The quantitative estimate of drug-likeness (QED) is 0.147. The topological polar surface area (TPSA) is 49.0 Å². The summed E-state index contributed by atoms with van der Waals surface area (Å²) in [5.41, 5.74) is 25.3. The summed E-state index contributed by atoms with van der Waals surface area (Å²) in [6.45, 7) is 0. The van der Waals surface area contributed by atoms with E-state index in [1.54, 1.807) is 0 Å². The number of fused-ring (bicyclic) bond motifs is 9. The smallest absolute Gasteiger partial charge is 0.134 e. The predicted octanol–water partition coefficient (Wildman–Crippen LogP) is 17.0. The SMILES string of the molecule is NC(/C=C\C=C\n1c2ccc(-c3ccc4oc5c(c4c3)C=CCC5)cc2c2cc(-c3ccc4c5ccccc5n(-c5ccccc5)c4c3)ccc21)c1cccc(-c2ccc(-c3ccccc3)cc2)c1. The number of aromatic nitrogens is 2. The molecule has 1 aliphatic rings. The van der Waals surface area contributed by atoms with Crippen molar-refractivity contribution in [1.82, 2.24) is 9.13 Å². The van der Waals surface area contributed by atoms with E-state index in [0.717, 1.165) is 52.0 Å². The lowest BCUT2D eigenvalue weighted by Crippen LogP contribution is -2.06. The number of nitrogens with zero attached hydrogens (tertiary/aromatic N) is 2. The highest BCUT2D eigenvalue weighted by Gasteiger charge is 2.18. The Morgan fingerprint density at radius 3 is 1.80 bits per heavy atom. The molecule has 0 spiro atoms. The molecule has 1 aliphatic carbocycles. The van der Waals surface area contributed by atoms with Crippen LogP contribution in [0.1, 0.15) is 29.3 Å². The molecule has 0 saturated carbocycles. The van der Waals surface area contributed by atoms with E-state index in [4.69, 9.17) is 10.2 Å². The summed E-state index contributed by atoms with van der Waals surface area (Å²) in [5, 5.41) is 6.04. The van der Waals surface area contributed by atoms with E-state index in [2.05, 4.69) is 246 Å². The molecule has 4 nitrogen and oxygen atoms in total. The fourth-order valence-corrected chi connectivity index (χ4v) is 10.6. The number of hydrogen-bond acceptors (Lipinski definition) is 2. The van der Waals surface area contributed by atoms with Gasteiger partial charge >= 0.3 is 0 Å². The van der Waals surface area contributed by atoms with Gasteiger partial charge in [0.15, 0.2) is 0 Å². The molecular formula is C65H47N3O. The number of allylic oxidation sites excluding steroid dienone is 3. The van der Waals surface area contributed by atoms with Crippen LogP contribution in [0.3, 0.4) is 0 Å². The lowest BCUT2D eigenvalue weighted by Gasteiger charge is -2.10. The first kappa shape index (κ1) is 40.6. The Morgan fingerprint density at radius 2 is 1.03 bits per heavy atom. The normalized spacial score (nSPS) is 13.2. The molecule has 0 radical (unpaired) electrons. The first-order valence-corrected chi connectivity index (χ1v) is 23.9. The fourth-order valence-electron chi connectivity index (χ4n) is 10.6. The highest BCUT2D eigenvalue weighted by atomic mass is 16.3. The lowest BCUT2D eigenvalue weighted by molar-refractivity contribution is 0.546. The van der Waals surface area contributed by atoms with Crippen LogP contribution in [-0.2, 0) is 6.42 Å². The Bertz CT molecular complexity index is 4010. The van der Waals surface area contributed by atoms with Crippen molar-refractivity contribution >= 4 is 66.9 Å². The van der Waals surface area contributed by atoms with Gasteiger partial charge in [-0.1, -0.05) is 164 Å². The predicted molar refractivity (Wildman–Crippen MR) is 290 cm³/mol. The van der Waals surface area contributed by atoms with E-state index in [-0.39, 0.29) is 6.04 Å². The summed E-state index contributed by atoms with van der Waals surface area (Å²) < 4.78 is 11.0. The summed E-state index contributed by atoms with van der Waals surface area (Å²) in [7, 11) is 0. The van der Waals surface area contributed by atoms with Crippen LogP contribution in [0.5, 0.6) is 0 Å². The number of para-hydroxylation sites is 2. The van der Waals surface area contributed by atoms with Crippen molar-refractivity contribution in [2.45, 2.75) is 18.9 Å². The summed E-state index contributed by atoms with van der Waals surface area (Å²) in [4.78, 5) is 0. The molecular weight excluding hydrogens is 839 g/mol. The van der Waals surface area contributed by atoms with Crippen LogP contribution in [0.25, 0.3) is 117 Å². The van der Waals surface area contributed by atoms with Gasteiger partial charge in [0.1, 0.15) is 11.3 Å². The molecule has 2 N–H and O–H groups in total. The van der Waals surface area contributed by atoms with Crippen molar-refractivity contribution in [3.63, 3.8) is 0 Å². The first-order valence-electron chi connectivity index (χ1n) is 23.9. The molecule has 1 unspecified atom stereocenters. The molecule has 4 heteroatoms. The molecule has 0 amide bonds. The van der Waals surface area contributed by atoms with Crippen LogP contribution >= 0.6 is 0 Å². The Labute approximate surface area is 400 Å². The summed E-state index contributed by atoms with van der Waals surface area (Å²) in [5.74, 6) is 1.08. The van der Waals surface area contributed by atoms with Crippen LogP contribution in [-0.4, -0.2) is 9.13 Å². The summed E-state index contributed by atoms with van der Waals surface area (Å²) >= 11 is 0. The average Bonchev–Trinajstić information content (AvgIpc) is 4.07. The Kier molecular flexibility index (Phi) is 9.92. The zero-order chi connectivity index (χ0) is 45.8. The zero-order valence-corrected chi connectivity index (χ0v) is 38.0. The van der Waals surface area contributed by atoms with Gasteiger partial charge < -0.3 is 19.3 Å². The largest absolute Gasteiger partial charge is 0.460 e. The minimum absolute atomic E-state index is 0.270. The fraction of sp³-hybridized carbons (Fsp3) is 0.0462. The van der Waals surface area contributed by atoms with Crippen molar-refractivity contribution in [2.24, 2.45) is 5.73 Å². The van der Waals surface area contributed by atoms with E-state index >= 15 is 0 Å². The maximum atomic E-state index is 6.85. The van der Waals surface area contributed by atoms with Gasteiger partial charge in [-0.3, -0.25) is 0 Å². The highest BCUT2D eigenvalue weighted by Crippen LogP contribution is 2.40. The van der Waals surface area contributed by atoms with Crippen molar-refractivity contribution in [3.05, 3.63) is 247 Å². The molecule has 1 atom stereocenters. The second-order valence-electron chi connectivity index (χ2n) is 18.2.